The van der Waals surface area contributed by atoms with Gasteiger partial charge in [-0.15, -0.1) is 0 Å². The maximum Gasteiger partial charge on any atom is 0.161 e. The third kappa shape index (κ3) is 3.22. The van der Waals surface area contributed by atoms with Crippen LogP contribution in [-0.2, 0) is 12.1 Å². The second-order valence-electron chi connectivity index (χ2n) is 7.13. The van der Waals surface area contributed by atoms with Crippen LogP contribution in [0.2, 0.25) is 0 Å². The first-order valence-corrected chi connectivity index (χ1v) is 9.05. The maximum absolute atomic E-state index is 14.7. The average molecular weight is 419 g/mol. The summed E-state index contributed by atoms with van der Waals surface area (Å²) in [5.74, 6) is -3.82. The van der Waals surface area contributed by atoms with Gasteiger partial charge in [-0.1, -0.05) is 6.07 Å². The molecule has 0 amide bonds. The Labute approximate surface area is 168 Å². The summed E-state index contributed by atoms with van der Waals surface area (Å²) in [5, 5.41) is 20.2. The lowest BCUT2D eigenvalue weighted by Crippen LogP contribution is -2.41. The number of aliphatic hydroxyl groups is 1. The number of benzene rings is 2. The van der Waals surface area contributed by atoms with E-state index in [1.54, 1.807) is 13.8 Å². The largest absolute Gasteiger partial charge is 0.381 e. The average Bonchev–Trinajstić information content (AvgIpc) is 3.30. The van der Waals surface area contributed by atoms with Gasteiger partial charge in [-0.3, -0.25) is 4.68 Å². The molecule has 2 aromatic heterocycles. The summed E-state index contributed by atoms with van der Waals surface area (Å²) in [4.78, 5) is 3.82. The topological polar surface area (TPSA) is 68.8 Å². The molecule has 0 unspecified atom stereocenters. The summed E-state index contributed by atoms with van der Waals surface area (Å²) in [6, 6.07) is 3.90. The van der Waals surface area contributed by atoms with Crippen molar-refractivity contribution in [2.75, 3.05) is 0 Å². The Hall–Kier alpha value is -3.27. The lowest BCUT2D eigenvalue weighted by molar-refractivity contribution is -0.0372. The zero-order chi connectivity index (χ0) is 21.6. The van der Waals surface area contributed by atoms with Crippen molar-refractivity contribution in [2.24, 2.45) is 0 Å². The van der Waals surface area contributed by atoms with E-state index in [0.717, 1.165) is 24.3 Å². The standard InChI is InChI=1S/C20H17F4N5O/c1-11-14-6-17(23)18(24)7-19(14)27-29(11)12(2)20(30,8-28-10-25-9-26-28)15-4-3-13(21)5-16(15)22/h3-7,9-10,12,30H,8H2,1-2H3/t12-,20-/m1/s1. The highest BCUT2D eigenvalue weighted by atomic mass is 19.2. The summed E-state index contributed by atoms with van der Waals surface area (Å²) in [5.41, 5.74) is -1.50. The molecule has 2 aromatic carbocycles. The van der Waals surface area contributed by atoms with Crippen molar-refractivity contribution in [3.63, 3.8) is 0 Å². The van der Waals surface area contributed by atoms with Crippen LogP contribution >= 0.6 is 0 Å². The zero-order valence-corrected chi connectivity index (χ0v) is 16.0. The highest BCUT2D eigenvalue weighted by molar-refractivity contribution is 5.81. The molecular weight excluding hydrogens is 402 g/mol. The van der Waals surface area contributed by atoms with E-state index in [9.17, 15) is 22.7 Å². The Bertz CT molecular complexity index is 1220. The predicted molar refractivity (Wildman–Crippen MR) is 99.4 cm³/mol. The summed E-state index contributed by atoms with van der Waals surface area (Å²) < 4.78 is 58.2. The summed E-state index contributed by atoms with van der Waals surface area (Å²) in [6.07, 6.45) is 2.60. The van der Waals surface area contributed by atoms with E-state index >= 15 is 0 Å². The molecule has 0 saturated carbocycles. The third-order valence-electron chi connectivity index (χ3n) is 5.31. The number of rotatable bonds is 5. The second-order valence-corrected chi connectivity index (χ2v) is 7.13. The first-order valence-electron chi connectivity index (χ1n) is 9.05. The van der Waals surface area contributed by atoms with E-state index in [-0.39, 0.29) is 17.6 Å². The van der Waals surface area contributed by atoms with Gasteiger partial charge in [0.25, 0.3) is 0 Å². The SMILES string of the molecule is Cc1c2cc(F)c(F)cc2nn1[C@H](C)[C@](O)(Cn1cncn1)c1ccc(F)cc1F. The molecule has 0 radical (unpaired) electrons. The van der Waals surface area contributed by atoms with Gasteiger partial charge < -0.3 is 5.11 Å². The van der Waals surface area contributed by atoms with Crippen molar-refractivity contribution < 1.29 is 22.7 Å². The van der Waals surface area contributed by atoms with E-state index < -0.39 is 34.9 Å². The Morgan fingerprint density at radius 1 is 1.07 bits per heavy atom. The Morgan fingerprint density at radius 2 is 1.80 bits per heavy atom. The minimum absolute atomic E-state index is 0.178. The van der Waals surface area contributed by atoms with Gasteiger partial charge in [0.15, 0.2) is 11.6 Å². The van der Waals surface area contributed by atoms with E-state index in [4.69, 9.17) is 0 Å². The van der Waals surface area contributed by atoms with Crippen LogP contribution in [-0.4, -0.2) is 29.7 Å². The maximum atomic E-state index is 14.7. The highest BCUT2D eigenvalue weighted by Gasteiger charge is 2.41. The van der Waals surface area contributed by atoms with Crippen LogP contribution in [0.3, 0.4) is 0 Å². The molecule has 30 heavy (non-hydrogen) atoms. The van der Waals surface area contributed by atoms with Gasteiger partial charge in [0, 0.05) is 28.8 Å². The second kappa shape index (κ2) is 7.21. The molecule has 0 aliphatic carbocycles. The molecule has 2 heterocycles. The van der Waals surface area contributed by atoms with Crippen molar-refractivity contribution in [3.05, 3.63) is 77.5 Å². The van der Waals surface area contributed by atoms with Gasteiger partial charge in [-0.25, -0.2) is 27.2 Å². The van der Waals surface area contributed by atoms with Gasteiger partial charge >= 0.3 is 0 Å². The van der Waals surface area contributed by atoms with Crippen molar-refractivity contribution in [1.29, 1.82) is 0 Å². The molecule has 0 saturated heterocycles. The lowest BCUT2D eigenvalue weighted by atomic mass is 9.86. The third-order valence-corrected chi connectivity index (χ3v) is 5.31. The summed E-state index contributed by atoms with van der Waals surface area (Å²) >= 11 is 0. The Balaban J connectivity index is 1.88. The zero-order valence-electron chi connectivity index (χ0n) is 16.0. The lowest BCUT2D eigenvalue weighted by Gasteiger charge is -2.35. The quantitative estimate of drug-likeness (QED) is 0.502. The summed E-state index contributed by atoms with van der Waals surface area (Å²) in [7, 11) is 0. The first kappa shape index (κ1) is 20.0. The molecular formula is C20H17F4N5O. The van der Waals surface area contributed by atoms with Crippen molar-refractivity contribution in [1.82, 2.24) is 24.5 Å². The smallest absolute Gasteiger partial charge is 0.161 e. The molecule has 0 aliphatic rings. The summed E-state index contributed by atoms with van der Waals surface area (Å²) in [6.45, 7) is 2.97. The molecule has 0 fully saturated rings. The van der Waals surface area contributed by atoms with Crippen LogP contribution in [0.25, 0.3) is 10.9 Å². The van der Waals surface area contributed by atoms with Crippen molar-refractivity contribution in [2.45, 2.75) is 32.0 Å². The fraction of sp³-hybridized carbons (Fsp3) is 0.250. The normalized spacial score (nSPS) is 14.8. The van der Waals surface area contributed by atoms with Crippen molar-refractivity contribution in [3.8, 4) is 0 Å². The fourth-order valence-electron chi connectivity index (χ4n) is 3.65. The number of fused-ring (bicyclic) bond motifs is 1. The fourth-order valence-corrected chi connectivity index (χ4v) is 3.65. The highest BCUT2D eigenvalue weighted by Crippen LogP contribution is 2.38. The first-order chi connectivity index (χ1) is 14.2. The van der Waals surface area contributed by atoms with Gasteiger partial charge in [-0.2, -0.15) is 10.2 Å². The van der Waals surface area contributed by atoms with E-state index in [1.807, 2.05) is 0 Å². The van der Waals surface area contributed by atoms with Gasteiger partial charge in [-0.05, 0) is 26.0 Å². The molecule has 0 bridgehead atoms. The molecule has 156 valence electrons. The Kier molecular flexibility index (Phi) is 4.81. The Morgan fingerprint density at radius 3 is 2.47 bits per heavy atom. The van der Waals surface area contributed by atoms with Gasteiger partial charge in [0.2, 0.25) is 0 Å². The minimum Gasteiger partial charge on any atom is -0.381 e. The molecule has 4 aromatic rings. The molecule has 0 spiro atoms. The molecule has 0 aliphatic heterocycles. The van der Waals surface area contributed by atoms with Gasteiger partial charge in [0.05, 0.1) is 18.1 Å². The van der Waals surface area contributed by atoms with Crippen molar-refractivity contribution >= 4 is 10.9 Å². The monoisotopic (exact) mass is 419 g/mol. The number of halogens is 4. The van der Waals surface area contributed by atoms with Crippen LogP contribution in [0.4, 0.5) is 17.6 Å². The van der Waals surface area contributed by atoms with Crippen LogP contribution < -0.4 is 0 Å². The number of nitrogens with zero attached hydrogens (tertiary/aromatic N) is 5. The number of aryl methyl sites for hydroxylation is 1. The number of aromatic nitrogens is 5. The number of hydrogen-bond donors (Lipinski definition) is 1. The van der Waals surface area contributed by atoms with Crippen LogP contribution in [0.1, 0.15) is 24.2 Å². The van der Waals surface area contributed by atoms with E-state index in [0.29, 0.717) is 17.1 Å². The van der Waals surface area contributed by atoms with Crippen LogP contribution in [0.5, 0.6) is 0 Å². The predicted octanol–water partition coefficient (Wildman–Crippen LogP) is 3.64. The van der Waals surface area contributed by atoms with Crippen LogP contribution in [0, 0.1) is 30.2 Å². The van der Waals surface area contributed by atoms with Crippen LogP contribution in [0.15, 0.2) is 43.0 Å². The van der Waals surface area contributed by atoms with E-state index in [2.05, 4.69) is 15.2 Å². The molecule has 2 atom stereocenters. The molecule has 10 heteroatoms. The van der Waals surface area contributed by atoms with Gasteiger partial charge in [0.1, 0.15) is 29.9 Å². The minimum atomic E-state index is -1.95. The van der Waals surface area contributed by atoms with E-state index in [1.165, 1.54) is 22.0 Å². The molecule has 6 nitrogen and oxygen atoms in total. The number of hydrogen-bond acceptors (Lipinski definition) is 4. The molecule has 1 N–H and O–H groups in total. The molecule has 4 rings (SSSR count).